The van der Waals surface area contributed by atoms with Crippen LogP contribution in [0.3, 0.4) is 0 Å². The van der Waals surface area contributed by atoms with Gasteiger partial charge in [0.05, 0.1) is 11.5 Å². The zero-order chi connectivity index (χ0) is 14.7. The van der Waals surface area contributed by atoms with Gasteiger partial charge in [0.15, 0.2) is 22.2 Å². The lowest BCUT2D eigenvalue weighted by molar-refractivity contribution is 0.0519. The molecule has 2 aromatic rings. The Morgan fingerprint density at radius 1 is 1.40 bits per heavy atom. The molecule has 2 aromatic heterocycles. The molecule has 0 bridgehead atoms. The van der Waals surface area contributed by atoms with E-state index in [4.69, 9.17) is 4.74 Å². The Morgan fingerprint density at radius 3 is 2.70 bits per heavy atom. The van der Waals surface area contributed by atoms with Crippen molar-refractivity contribution in [1.29, 1.82) is 0 Å². The van der Waals surface area contributed by atoms with Crippen LogP contribution in [-0.2, 0) is 15.4 Å². The molecule has 0 aliphatic rings. The van der Waals surface area contributed by atoms with E-state index in [2.05, 4.69) is 10.1 Å². The summed E-state index contributed by atoms with van der Waals surface area (Å²) in [6.45, 7) is 3.75. The summed E-state index contributed by atoms with van der Waals surface area (Å²) < 4.78 is 27.9. The number of hydrogen-bond acceptors (Lipinski definition) is 6. The Kier molecular flexibility index (Phi) is 4.14. The molecule has 20 heavy (non-hydrogen) atoms. The van der Waals surface area contributed by atoms with Gasteiger partial charge in [0, 0.05) is 11.9 Å². The van der Waals surface area contributed by atoms with Crippen LogP contribution in [0.1, 0.15) is 23.1 Å². The second-order valence-corrected chi connectivity index (χ2v) is 4.97. The molecule has 0 saturated carbocycles. The van der Waals surface area contributed by atoms with Crippen LogP contribution < -0.4 is 0 Å². The zero-order valence-corrected chi connectivity index (χ0v) is 11.8. The summed E-state index contributed by atoms with van der Waals surface area (Å²) in [6, 6.07) is 4.54. The number of pyridine rings is 1. The highest BCUT2D eigenvalue weighted by Gasteiger charge is 2.14. The van der Waals surface area contributed by atoms with Gasteiger partial charge in [0.25, 0.3) is 0 Å². The van der Waals surface area contributed by atoms with Crippen LogP contribution in [0.4, 0.5) is 0 Å². The van der Waals surface area contributed by atoms with Gasteiger partial charge in [-0.3, -0.25) is 0 Å². The van der Waals surface area contributed by atoms with Crippen LogP contribution in [0.25, 0.3) is 5.82 Å². The third kappa shape index (κ3) is 2.85. The molecule has 0 spiro atoms. The summed E-state index contributed by atoms with van der Waals surface area (Å²) in [5, 5.41) is 4.10. The van der Waals surface area contributed by atoms with E-state index in [1.54, 1.807) is 19.9 Å². The normalized spacial score (nSPS) is 10.8. The van der Waals surface area contributed by atoms with Crippen molar-refractivity contribution in [2.24, 2.45) is 0 Å². The lowest BCUT2D eigenvalue weighted by Crippen LogP contribution is -2.07. The van der Waals surface area contributed by atoms with E-state index < -0.39 is 16.7 Å². The molecule has 2 rings (SSSR count). The molecule has 0 fully saturated rings. The van der Waals surface area contributed by atoms with Crippen molar-refractivity contribution < 1.29 is 17.9 Å². The van der Waals surface area contributed by atoms with Crippen molar-refractivity contribution in [3.63, 3.8) is 0 Å². The van der Waals surface area contributed by atoms with E-state index in [1.165, 1.54) is 23.0 Å². The van der Waals surface area contributed by atoms with Crippen LogP contribution in [0.15, 0.2) is 29.3 Å². The smallest absolute Gasteiger partial charge is 0.358 e. The standard InChI is InChI=1S/C12H13N3O4S/c1-3-19-12(16)10-6-8(2)15(14-10)11-5-4-9(7-13-11)20(17)18/h4-7,20H,3H2,1-2H3. The maximum absolute atomic E-state index is 11.6. The maximum Gasteiger partial charge on any atom is 0.358 e. The molecule has 0 amide bonds. The highest BCUT2D eigenvalue weighted by atomic mass is 32.2. The SMILES string of the molecule is CCOC(=O)c1cc(C)n(-c2ccc([SH](=O)=O)cn2)n1. The van der Waals surface area contributed by atoms with Crippen molar-refractivity contribution in [1.82, 2.24) is 14.8 Å². The van der Waals surface area contributed by atoms with Gasteiger partial charge in [-0.25, -0.2) is 22.9 Å². The summed E-state index contributed by atoms with van der Waals surface area (Å²) in [7, 11) is -2.66. The van der Waals surface area contributed by atoms with E-state index in [0.29, 0.717) is 11.5 Å². The van der Waals surface area contributed by atoms with Crippen molar-refractivity contribution in [3.8, 4) is 5.82 Å². The number of thiol groups is 1. The Labute approximate surface area is 117 Å². The quantitative estimate of drug-likeness (QED) is 0.660. The molecule has 8 heteroatoms. The molecule has 2 heterocycles. The van der Waals surface area contributed by atoms with Crippen LogP contribution >= 0.6 is 0 Å². The van der Waals surface area contributed by atoms with Crippen LogP contribution in [0.5, 0.6) is 0 Å². The Bertz CT molecular complexity index is 696. The van der Waals surface area contributed by atoms with Gasteiger partial charge in [-0.05, 0) is 32.0 Å². The topological polar surface area (TPSA) is 91.2 Å². The van der Waals surface area contributed by atoms with Gasteiger partial charge < -0.3 is 4.74 Å². The molecule has 0 atom stereocenters. The number of rotatable bonds is 4. The largest absolute Gasteiger partial charge is 0.461 e. The van der Waals surface area contributed by atoms with Crippen molar-refractivity contribution >= 4 is 16.7 Å². The number of nitrogens with zero attached hydrogens (tertiary/aromatic N) is 3. The van der Waals surface area contributed by atoms with E-state index in [0.717, 1.165) is 0 Å². The fraction of sp³-hybridized carbons (Fsp3) is 0.250. The molecule has 0 aliphatic carbocycles. The number of aryl methyl sites for hydroxylation is 1. The highest BCUT2D eigenvalue weighted by Crippen LogP contribution is 2.12. The van der Waals surface area contributed by atoms with E-state index in [1.807, 2.05) is 0 Å². The minimum absolute atomic E-state index is 0.124. The maximum atomic E-state index is 11.6. The molecule has 7 nitrogen and oxygen atoms in total. The minimum Gasteiger partial charge on any atom is -0.461 e. The lowest BCUT2D eigenvalue weighted by atomic mass is 10.4. The Morgan fingerprint density at radius 2 is 2.15 bits per heavy atom. The molecule has 0 saturated heterocycles. The van der Waals surface area contributed by atoms with E-state index >= 15 is 0 Å². The molecule has 0 aromatic carbocycles. The van der Waals surface area contributed by atoms with Crippen LogP contribution in [-0.4, -0.2) is 35.8 Å². The van der Waals surface area contributed by atoms with Crippen LogP contribution in [0, 0.1) is 6.92 Å². The third-order valence-electron chi connectivity index (χ3n) is 2.53. The highest BCUT2D eigenvalue weighted by molar-refractivity contribution is 7.72. The predicted octanol–water partition coefficient (Wildman–Crippen LogP) is 0.723. The third-order valence-corrected chi connectivity index (χ3v) is 3.22. The second kappa shape index (κ2) is 5.83. The van der Waals surface area contributed by atoms with E-state index in [9.17, 15) is 13.2 Å². The van der Waals surface area contributed by atoms with Crippen molar-refractivity contribution in [3.05, 3.63) is 35.8 Å². The first-order chi connectivity index (χ1) is 9.52. The van der Waals surface area contributed by atoms with Gasteiger partial charge in [0.1, 0.15) is 0 Å². The van der Waals surface area contributed by atoms with Crippen LogP contribution in [0.2, 0.25) is 0 Å². The average Bonchev–Trinajstić information content (AvgIpc) is 2.81. The number of esters is 1. The van der Waals surface area contributed by atoms with Crippen molar-refractivity contribution in [2.45, 2.75) is 18.7 Å². The first-order valence-corrected chi connectivity index (χ1v) is 7.05. The fourth-order valence-corrected chi connectivity index (χ4v) is 1.97. The monoisotopic (exact) mass is 295 g/mol. The molecular weight excluding hydrogens is 282 g/mol. The average molecular weight is 295 g/mol. The molecule has 0 N–H and O–H groups in total. The molecule has 0 aliphatic heterocycles. The molecule has 0 unspecified atom stereocenters. The number of ether oxygens (including phenoxy) is 1. The first kappa shape index (κ1) is 14.2. The number of carbonyl (C=O) groups is 1. The predicted molar refractivity (Wildman–Crippen MR) is 70.6 cm³/mol. The fourth-order valence-electron chi connectivity index (χ4n) is 1.62. The van der Waals surface area contributed by atoms with Gasteiger partial charge in [-0.15, -0.1) is 0 Å². The second-order valence-electron chi connectivity index (χ2n) is 3.93. The van der Waals surface area contributed by atoms with E-state index in [-0.39, 0.29) is 17.2 Å². The lowest BCUT2D eigenvalue weighted by Gasteiger charge is -2.02. The molecule has 0 radical (unpaired) electrons. The Balaban J connectivity index is 2.35. The minimum atomic E-state index is -2.66. The van der Waals surface area contributed by atoms with Gasteiger partial charge in [-0.1, -0.05) is 0 Å². The summed E-state index contributed by atoms with van der Waals surface area (Å²) >= 11 is 0. The Hall–Kier alpha value is -2.22. The molecule has 106 valence electrons. The number of hydrogen-bond donors (Lipinski definition) is 1. The van der Waals surface area contributed by atoms with Gasteiger partial charge >= 0.3 is 5.97 Å². The first-order valence-electron chi connectivity index (χ1n) is 5.87. The van der Waals surface area contributed by atoms with Gasteiger partial charge in [0.2, 0.25) is 0 Å². The number of aromatic nitrogens is 3. The zero-order valence-electron chi connectivity index (χ0n) is 10.9. The summed E-state index contributed by atoms with van der Waals surface area (Å²) in [5.41, 5.74) is 0.880. The number of carbonyl (C=O) groups excluding carboxylic acids is 1. The van der Waals surface area contributed by atoms with Crippen molar-refractivity contribution in [2.75, 3.05) is 6.61 Å². The van der Waals surface area contributed by atoms with Gasteiger partial charge in [-0.2, -0.15) is 5.10 Å². The summed E-state index contributed by atoms with van der Waals surface area (Å²) in [4.78, 5) is 15.7. The summed E-state index contributed by atoms with van der Waals surface area (Å²) in [6.07, 6.45) is 1.24. The molecular formula is C12H13N3O4S. The summed E-state index contributed by atoms with van der Waals surface area (Å²) in [5.74, 6) is -0.0766.